The fourth-order valence-corrected chi connectivity index (χ4v) is 3.87. The van der Waals surface area contributed by atoms with Gasteiger partial charge in [-0.15, -0.1) is 0 Å². The average molecular weight is 419 g/mol. The lowest BCUT2D eigenvalue weighted by molar-refractivity contribution is -0.119. The van der Waals surface area contributed by atoms with Crippen LogP contribution in [0.3, 0.4) is 0 Å². The SMILES string of the molecule is CCc1nc(NC2=NCC(C)=C2C#N)nc(Sc2ccc(CC(=O)C3CC3)cc2)n1. The molecule has 0 amide bonds. The predicted octanol–water partition coefficient (Wildman–Crippen LogP) is 3.77. The van der Waals surface area contributed by atoms with E-state index >= 15 is 0 Å². The van der Waals surface area contributed by atoms with Crippen molar-refractivity contribution in [3.63, 3.8) is 0 Å². The van der Waals surface area contributed by atoms with Crippen molar-refractivity contribution in [1.82, 2.24) is 15.0 Å². The lowest BCUT2D eigenvalue weighted by Gasteiger charge is -2.08. The zero-order valence-electron chi connectivity index (χ0n) is 17.0. The lowest BCUT2D eigenvalue weighted by Crippen LogP contribution is -2.16. The first kappa shape index (κ1) is 20.2. The molecule has 1 aliphatic carbocycles. The van der Waals surface area contributed by atoms with Crippen LogP contribution in [0.25, 0.3) is 0 Å². The molecule has 0 unspecified atom stereocenters. The molecule has 4 rings (SSSR count). The van der Waals surface area contributed by atoms with Gasteiger partial charge in [0, 0.05) is 23.7 Å². The number of carbonyl (C=O) groups excluding carboxylic acids is 1. The highest BCUT2D eigenvalue weighted by Gasteiger charge is 2.29. The number of hydrogen-bond donors (Lipinski definition) is 1. The summed E-state index contributed by atoms with van der Waals surface area (Å²) >= 11 is 1.44. The van der Waals surface area contributed by atoms with Crippen LogP contribution in [0.15, 0.2) is 50.5 Å². The summed E-state index contributed by atoms with van der Waals surface area (Å²) in [6, 6.07) is 10.1. The standard InChI is InChI=1S/C22H22N6OS/c1-3-19-25-21(27-20-17(11-23)13(2)12-24-20)28-22(26-19)30-16-8-4-14(5-9-16)10-18(29)15-6-7-15/h4-5,8-9,15H,3,6-7,10,12H2,1-2H3,(H,24,25,26,27,28). The van der Waals surface area contributed by atoms with Crippen molar-refractivity contribution < 1.29 is 4.79 Å². The molecule has 1 aromatic heterocycles. The molecule has 0 spiro atoms. The van der Waals surface area contributed by atoms with Gasteiger partial charge in [0.25, 0.3) is 0 Å². The number of aliphatic imine (C=N–C) groups is 1. The van der Waals surface area contributed by atoms with E-state index in [0.717, 1.165) is 28.9 Å². The minimum atomic E-state index is 0.285. The number of nitrogens with zero attached hydrogens (tertiary/aromatic N) is 5. The number of rotatable bonds is 7. The Hall–Kier alpha value is -3.05. The summed E-state index contributed by atoms with van der Waals surface area (Å²) in [5.41, 5.74) is 2.51. The highest BCUT2D eigenvalue weighted by Crippen LogP contribution is 2.31. The number of hydrogen-bond acceptors (Lipinski definition) is 8. The van der Waals surface area contributed by atoms with E-state index in [1.54, 1.807) is 0 Å². The third kappa shape index (κ3) is 4.74. The summed E-state index contributed by atoms with van der Waals surface area (Å²) in [5.74, 6) is 2.18. The molecule has 0 saturated heterocycles. The number of aryl methyl sites for hydroxylation is 1. The number of amidine groups is 1. The number of benzene rings is 1. The molecule has 1 aromatic carbocycles. The third-order valence-electron chi connectivity index (χ3n) is 5.00. The van der Waals surface area contributed by atoms with Gasteiger partial charge in [-0.05, 0) is 54.8 Å². The molecule has 0 atom stereocenters. The van der Waals surface area contributed by atoms with E-state index in [1.807, 2.05) is 38.1 Å². The van der Waals surface area contributed by atoms with Crippen molar-refractivity contribution in [1.29, 1.82) is 5.26 Å². The van der Waals surface area contributed by atoms with Crippen LogP contribution in [-0.4, -0.2) is 33.1 Å². The van der Waals surface area contributed by atoms with E-state index in [-0.39, 0.29) is 5.92 Å². The summed E-state index contributed by atoms with van der Waals surface area (Å²) in [7, 11) is 0. The molecule has 7 nitrogen and oxygen atoms in total. The van der Waals surface area contributed by atoms with Crippen LogP contribution in [0.4, 0.5) is 5.95 Å². The highest BCUT2D eigenvalue weighted by atomic mass is 32.2. The van der Waals surface area contributed by atoms with E-state index in [2.05, 4.69) is 31.3 Å². The largest absolute Gasteiger partial charge is 0.308 e. The van der Waals surface area contributed by atoms with Gasteiger partial charge in [0.05, 0.1) is 12.1 Å². The van der Waals surface area contributed by atoms with Gasteiger partial charge in [0.2, 0.25) is 5.95 Å². The molecule has 1 fully saturated rings. The summed E-state index contributed by atoms with van der Waals surface area (Å²) < 4.78 is 0. The van der Waals surface area contributed by atoms with Crippen molar-refractivity contribution in [3.8, 4) is 6.07 Å². The van der Waals surface area contributed by atoms with Crippen molar-refractivity contribution in [3.05, 3.63) is 46.8 Å². The minimum Gasteiger partial charge on any atom is -0.308 e. The minimum absolute atomic E-state index is 0.285. The van der Waals surface area contributed by atoms with Crippen LogP contribution in [0.5, 0.6) is 0 Å². The molecule has 8 heteroatoms. The first-order valence-corrected chi connectivity index (χ1v) is 10.8. The van der Waals surface area contributed by atoms with E-state index in [1.165, 1.54) is 11.8 Å². The summed E-state index contributed by atoms with van der Waals surface area (Å²) in [6.07, 6.45) is 3.25. The maximum absolute atomic E-state index is 12.0. The fraction of sp³-hybridized carbons (Fsp3) is 0.364. The molecule has 2 aliphatic rings. The smallest absolute Gasteiger partial charge is 0.232 e. The predicted molar refractivity (Wildman–Crippen MR) is 115 cm³/mol. The Kier molecular flexibility index (Phi) is 5.91. The molecule has 2 aromatic rings. The number of nitrogens with one attached hydrogen (secondary N) is 1. The fourth-order valence-electron chi connectivity index (χ4n) is 3.10. The molecule has 152 valence electrons. The van der Waals surface area contributed by atoms with Crippen LogP contribution < -0.4 is 5.32 Å². The number of nitriles is 1. The van der Waals surface area contributed by atoms with Gasteiger partial charge in [0.15, 0.2) is 5.16 Å². The highest BCUT2D eigenvalue weighted by molar-refractivity contribution is 7.99. The first-order valence-electron chi connectivity index (χ1n) is 10.0. The van der Waals surface area contributed by atoms with Gasteiger partial charge in [-0.25, -0.2) is 4.98 Å². The van der Waals surface area contributed by atoms with Crippen molar-refractivity contribution >= 4 is 29.3 Å². The Morgan fingerprint density at radius 3 is 2.67 bits per heavy atom. The monoisotopic (exact) mass is 418 g/mol. The maximum Gasteiger partial charge on any atom is 0.232 e. The summed E-state index contributed by atoms with van der Waals surface area (Å²) in [5, 5.41) is 13.0. The topological polar surface area (TPSA) is 104 Å². The zero-order valence-corrected chi connectivity index (χ0v) is 17.8. The van der Waals surface area contributed by atoms with E-state index < -0.39 is 0 Å². The number of carbonyl (C=O) groups is 1. The maximum atomic E-state index is 12.0. The number of aromatic nitrogens is 3. The van der Waals surface area contributed by atoms with Gasteiger partial charge in [-0.1, -0.05) is 19.1 Å². The molecule has 1 N–H and O–H groups in total. The Morgan fingerprint density at radius 1 is 1.23 bits per heavy atom. The second-order valence-electron chi connectivity index (χ2n) is 7.43. The van der Waals surface area contributed by atoms with Gasteiger partial charge in [-0.2, -0.15) is 15.2 Å². The van der Waals surface area contributed by atoms with E-state index in [4.69, 9.17) is 0 Å². The third-order valence-corrected chi connectivity index (χ3v) is 5.87. The van der Waals surface area contributed by atoms with Crippen LogP contribution in [0, 0.1) is 17.2 Å². The van der Waals surface area contributed by atoms with Crippen LogP contribution in [0.1, 0.15) is 38.1 Å². The van der Waals surface area contributed by atoms with Crippen LogP contribution >= 0.6 is 11.8 Å². The van der Waals surface area contributed by atoms with E-state index in [0.29, 0.717) is 53.5 Å². The second-order valence-corrected chi connectivity index (χ2v) is 8.47. The average Bonchev–Trinajstić information content (AvgIpc) is 3.54. The zero-order chi connectivity index (χ0) is 21.1. The van der Waals surface area contributed by atoms with Gasteiger partial charge < -0.3 is 5.32 Å². The normalized spacial score (nSPS) is 15.7. The first-order chi connectivity index (χ1) is 14.6. The quantitative estimate of drug-likeness (QED) is 0.730. The molecule has 2 heterocycles. The number of Topliss-reactive ketones (excluding diaryl/α,β-unsaturated/α-hetero) is 1. The van der Waals surface area contributed by atoms with Crippen LogP contribution in [-0.2, 0) is 17.6 Å². The Bertz CT molecular complexity index is 1080. The van der Waals surface area contributed by atoms with Gasteiger partial charge in [0.1, 0.15) is 23.5 Å². The van der Waals surface area contributed by atoms with Crippen molar-refractivity contribution in [2.45, 2.75) is 49.6 Å². The van der Waals surface area contributed by atoms with E-state index in [9.17, 15) is 10.1 Å². The Labute approximate surface area is 179 Å². The molecular formula is C22H22N6OS. The van der Waals surface area contributed by atoms with Crippen molar-refractivity contribution in [2.24, 2.45) is 10.9 Å². The summed E-state index contributed by atoms with van der Waals surface area (Å²) in [4.78, 5) is 30.8. The van der Waals surface area contributed by atoms with Crippen molar-refractivity contribution in [2.75, 3.05) is 11.9 Å². The molecular weight excluding hydrogens is 396 g/mol. The molecule has 1 aliphatic heterocycles. The number of ketones is 1. The molecule has 1 saturated carbocycles. The number of anilines is 1. The van der Waals surface area contributed by atoms with Crippen LogP contribution in [0.2, 0.25) is 0 Å². The molecule has 0 radical (unpaired) electrons. The van der Waals surface area contributed by atoms with Gasteiger partial charge in [-0.3, -0.25) is 9.79 Å². The Balaban J connectivity index is 1.48. The Morgan fingerprint density at radius 2 is 2.00 bits per heavy atom. The molecule has 0 bridgehead atoms. The van der Waals surface area contributed by atoms with Gasteiger partial charge >= 0.3 is 0 Å². The second kappa shape index (κ2) is 8.76. The lowest BCUT2D eigenvalue weighted by atomic mass is 10.1. The molecule has 30 heavy (non-hydrogen) atoms. The summed E-state index contributed by atoms with van der Waals surface area (Å²) in [6.45, 7) is 4.38.